The van der Waals surface area contributed by atoms with Crippen LogP contribution in [0.25, 0.3) is 0 Å². The monoisotopic (exact) mass is 222 g/mol. The normalized spacial score (nSPS) is 24.9. The SMILES string of the molecule is C1=CN2CC3=CN=CCC3=C3CC=CC(=C32)C1. The zero-order valence-corrected chi connectivity index (χ0v) is 9.69. The van der Waals surface area contributed by atoms with Crippen molar-refractivity contribution in [3.63, 3.8) is 0 Å². The van der Waals surface area contributed by atoms with E-state index in [4.69, 9.17) is 0 Å². The minimum Gasteiger partial charge on any atom is -0.343 e. The third-order valence-corrected chi connectivity index (χ3v) is 3.87. The van der Waals surface area contributed by atoms with Crippen molar-refractivity contribution >= 4 is 6.21 Å². The maximum absolute atomic E-state index is 4.30. The lowest BCUT2D eigenvalue weighted by molar-refractivity contribution is 0.478. The van der Waals surface area contributed by atoms with Crippen molar-refractivity contribution in [2.75, 3.05) is 6.54 Å². The van der Waals surface area contributed by atoms with Gasteiger partial charge in [0.2, 0.25) is 0 Å². The first-order chi connectivity index (χ1) is 8.43. The van der Waals surface area contributed by atoms with Crippen LogP contribution in [0.2, 0.25) is 0 Å². The first-order valence-electron chi connectivity index (χ1n) is 6.20. The Balaban J connectivity index is 1.96. The van der Waals surface area contributed by atoms with E-state index in [0.29, 0.717) is 0 Å². The van der Waals surface area contributed by atoms with E-state index in [1.54, 1.807) is 0 Å². The van der Waals surface area contributed by atoms with Gasteiger partial charge in [-0.1, -0.05) is 18.2 Å². The lowest BCUT2D eigenvalue weighted by atomic mass is 9.82. The average molecular weight is 222 g/mol. The minimum absolute atomic E-state index is 0.985. The van der Waals surface area contributed by atoms with Crippen LogP contribution in [0.1, 0.15) is 19.3 Å². The van der Waals surface area contributed by atoms with Crippen molar-refractivity contribution in [3.8, 4) is 0 Å². The molecule has 0 spiro atoms. The van der Waals surface area contributed by atoms with E-state index >= 15 is 0 Å². The summed E-state index contributed by atoms with van der Waals surface area (Å²) in [4.78, 5) is 6.68. The number of aliphatic imine (C=N–C) groups is 1. The molecule has 0 fully saturated rings. The van der Waals surface area contributed by atoms with E-state index in [-0.39, 0.29) is 0 Å². The molecule has 0 saturated carbocycles. The number of hydrogen-bond donors (Lipinski definition) is 0. The number of allylic oxidation sites excluding steroid dienone is 5. The van der Waals surface area contributed by atoms with Crippen LogP contribution >= 0.6 is 0 Å². The largest absolute Gasteiger partial charge is 0.343 e. The van der Waals surface area contributed by atoms with Gasteiger partial charge in [-0.25, -0.2) is 0 Å². The van der Waals surface area contributed by atoms with Crippen LogP contribution < -0.4 is 0 Å². The maximum atomic E-state index is 4.30. The molecule has 0 unspecified atom stereocenters. The third kappa shape index (κ3) is 1.24. The summed E-state index contributed by atoms with van der Waals surface area (Å²) in [7, 11) is 0. The van der Waals surface area contributed by atoms with E-state index in [0.717, 1.165) is 25.8 Å². The van der Waals surface area contributed by atoms with Gasteiger partial charge in [-0.2, -0.15) is 0 Å². The molecule has 0 bridgehead atoms. The van der Waals surface area contributed by atoms with Gasteiger partial charge >= 0.3 is 0 Å². The summed E-state index contributed by atoms with van der Waals surface area (Å²) in [5.74, 6) is 0. The van der Waals surface area contributed by atoms with Gasteiger partial charge in [0, 0.05) is 37.3 Å². The van der Waals surface area contributed by atoms with Gasteiger partial charge in [0.15, 0.2) is 0 Å². The van der Waals surface area contributed by atoms with Crippen molar-refractivity contribution in [1.29, 1.82) is 0 Å². The van der Waals surface area contributed by atoms with E-state index in [9.17, 15) is 0 Å². The van der Waals surface area contributed by atoms with Crippen LogP contribution in [-0.2, 0) is 0 Å². The van der Waals surface area contributed by atoms with Crippen LogP contribution in [0.15, 0.2) is 63.6 Å². The van der Waals surface area contributed by atoms with Crippen molar-refractivity contribution in [2.45, 2.75) is 19.3 Å². The van der Waals surface area contributed by atoms with E-state index in [2.05, 4.69) is 34.3 Å². The molecule has 3 aliphatic heterocycles. The summed E-state index contributed by atoms with van der Waals surface area (Å²) >= 11 is 0. The Kier molecular flexibility index (Phi) is 1.81. The summed E-state index contributed by atoms with van der Waals surface area (Å²) in [6.07, 6.45) is 16.3. The van der Waals surface area contributed by atoms with E-state index in [1.807, 2.05) is 12.4 Å². The highest BCUT2D eigenvalue weighted by Crippen LogP contribution is 2.41. The molecule has 0 N–H and O–H groups in total. The number of hydrogen-bond acceptors (Lipinski definition) is 2. The average Bonchev–Trinajstić information content (AvgIpc) is 2.39. The summed E-state index contributed by atoms with van der Waals surface area (Å²) in [5.41, 5.74) is 7.38. The van der Waals surface area contributed by atoms with Gasteiger partial charge in [-0.3, -0.25) is 4.99 Å². The summed E-state index contributed by atoms with van der Waals surface area (Å²) in [6.45, 7) is 0.985. The predicted octanol–water partition coefficient (Wildman–Crippen LogP) is 3.09. The topological polar surface area (TPSA) is 15.6 Å². The highest BCUT2D eigenvalue weighted by Gasteiger charge is 2.30. The summed E-state index contributed by atoms with van der Waals surface area (Å²) in [6, 6.07) is 0. The van der Waals surface area contributed by atoms with Crippen molar-refractivity contribution in [1.82, 2.24) is 4.90 Å². The molecule has 0 atom stereocenters. The zero-order chi connectivity index (χ0) is 11.2. The molecule has 0 aromatic carbocycles. The fourth-order valence-corrected chi connectivity index (χ4v) is 3.12. The van der Waals surface area contributed by atoms with Crippen LogP contribution in [0, 0.1) is 0 Å². The third-order valence-electron chi connectivity index (χ3n) is 3.87. The quantitative estimate of drug-likeness (QED) is 0.615. The second-order valence-corrected chi connectivity index (χ2v) is 4.84. The van der Waals surface area contributed by atoms with Gasteiger partial charge in [0.05, 0.1) is 0 Å². The highest BCUT2D eigenvalue weighted by molar-refractivity contribution is 5.71. The molecule has 84 valence electrons. The molecule has 17 heavy (non-hydrogen) atoms. The summed E-state index contributed by atoms with van der Waals surface area (Å²) < 4.78 is 0. The molecular formula is C15H14N2. The molecular weight excluding hydrogens is 208 g/mol. The molecule has 0 saturated heterocycles. The van der Waals surface area contributed by atoms with E-state index in [1.165, 1.54) is 28.0 Å². The predicted molar refractivity (Wildman–Crippen MR) is 69.5 cm³/mol. The Labute approximate surface area is 101 Å². The second kappa shape index (κ2) is 3.33. The zero-order valence-electron chi connectivity index (χ0n) is 9.69. The van der Waals surface area contributed by atoms with Gasteiger partial charge in [0.1, 0.15) is 0 Å². The van der Waals surface area contributed by atoms with Crippen LogP contribution in [-0.4, -0.2) is 17.7 Å². The second-order valence-electron chi connectivity index (χ2n) is 4.84. The molecule has 2 heteroatoms. The minimum atomic E-state index is 0.985. The molecule has 1 aliphatic carbocycles. The van der Waals surface area contributed by atoms with Crippen molar-refractivity contribution in [3.05, 3.63) is 58.6 Å². The van der Waals surface area contributed by atoms with Crippen LogP contribution in [0.4, 0.5) is 0 Å². The first kappa shape index (κ1) is 9.23. The fraction of sp³-hybridized carbons (Fsp3) is 0.267. The molecule has 0 aromatic rings. The smallest absolute Gasteiger partial charge is 0.0494 e. The van der Waals surface area contributed by atoms with Crippen LogP contribution in [0.5, 0.6) is 0 Å². The molecule has 0 radical (unpaired) electrons. The molecule has 0 amide bonds. The molecule has 2 nitrogen and oxygen atoms in total. The number of rotatable bonds is 0. The van der Waals surface area contributed by atoms with Gasteiger partial charge in [0.25, 0.3) is 0 Å². The maximum Gasteiger partial charge on any atom is 0.0494 e. The van der Waals surface area contributed by atoms with E-state index < -0.39 is 0 Å². The molecule has 4 rings (SSSR count). The Morgan fingerprint density at radius 2 is 2.06 bits per heavy atom. The summed E-state index contributed by atoms with van der Waals surface area (Å²) in [5, 5.41) is 0. The number of nitrogens with zero attached hydrogens (tertiary/aromatic N) is 2. The molecule has 4 aliphatic rings. The Morgan fingerprint density at radius 3 is 3.06 bits per heavy atom. The van der Waals surface area contributed by atoms with Gasteiger partial charge in [-0.05, 0) is 35.1 Å². The van der Waals surface area contributed by atoms with Gasteiger partial charge in [-0.15, -0.1) is 0 Å². The standard InChI is InChI=1S/C15H14N2/c1-3-11-4-2-8-17-10-12-9-16-7-6-13(12)14(5-1)15(11)17/h1-3,7-9H,4-6,10H2. The molecule has 3 heterocycles. The van der Waals surface area contributed by atoms with Crippen molar-refractivity contribution in [2.24, 2.45) is 4.99 Å². The Hall–Kier alpha value is -1.83. The Bertz CT molecular complexity index is 568. The highest BCUT2D eigenvalue weighted by atomic mass is 15.1. The Morgan fingerprint density at radius 1 is 1.06 bits per heavy atom. The molecule has 0 aromatic heterocycles. The fourth-order valence-electron chi connectivity index (χ4n) is 3.12. The lowest BCUT2D eigenvalue weighted by Crippen LogP contribution is -2.31. The number of fused-ring (bicyclic) bond motifs is 1. The first-order valence-corrected chi connectivity index (χ1v) is 6.20. The van der Waals surface area contributed by atoms with Gasteiger partial charge < -0.3 is 4.90 Å². The van der Waals surface area contributed by atoms with Crippen molar-refractivity contribution < 1.29 is 0 Å². The lowest BCUT2D eigenvalue weighted by Gasteiger charge is -2.39. The van der Waals surface area contributed by atoms with Crippen LogP contribution in [0.3, 0.4) is 0 Å².